The van der Waals surface area contributed by atoms with E-state index in [0.717, 1.165) is 45.6 Å². The molecule has 0 radical (unpaired) electrons. The van der Waals surface area contributed by atoms with E-state index >= 15 is 0 Å². The summed E-state index contributed by atoms with van der Waals surface area (Å²) >= 11 is 0. The van der Waals surface area contributed by atoms with Crippen LogP contribution in [0.15, 0.2) is 48.5 Å². The predicted molar refractivity (Wildman–Crippen MR) is 105 cm³/mol. The normalized spacial score (nSPS) is 24.5. The molecule has 0 spiro atoms. The lowest BCUT2D eigenvalue weighted by molar-refractivity contribution is -0.150. The Morgan fingerprint density at radius 2 is 1.81 bits per heavy atom. The van der Waals surface area contributed by atoms with Gasteiger partial charge in [0.05, 0.1) is 11.6 Å². The lowest BCUT2D eigenvalue weighted by atomic mass is 9.96. The second-order valence-electron chi connectivity index (χ2n) is 7.67. The maximum absolute atomic E-state index is 12.5. The minimum absolute atomic E-state index is 0.175. The van der Waals surface area contributed by atoms with E-state index in [9.17, 15) is 4.79 Å². The molecule has 2 aromatic rings. The van der Waals surface area contributed by atoms with E-state index in [1.54, 1.807) is 12.1 Å². The number of fused-ring (bicyclic) bond motifs is 5. The second kappa shape index (κ2) is 6.98. The molecule has 2 heterocycles. The monoisotopic (exact) mass is 363 g/mol. The molecule has 0 aromatic heterocycles. The molecule has 5 rings (SSSR count). The van der Waals surface area contributed by atoms with Gasteiger partial charge in [-0.2, -0.15) is 0 Å². The summed E-state index contributed by atoms with van der Waals surface area (Å²) in [4.78, 5) is 20.8. The maximum Gasteiger partial charge on any atom is 0.357 e. The van der Waals surface area contributed by atoms with Gasteiger partial charge in [-0.15, -0.1) is 5.06 Å². The van der Waals surface area contributed by atoms with Crippen molar-refractivity contribution in [3.63, 3.8) is 0 Å². The molecule has 2 aliphatic heterocycles. The molecule has 1 aliphatic carbocycles. The van der Waals surface area contributed by atoms with Gasteiger partial charge in [-0.25, -0.2) is 4.79 Å². The minimum Gasteiger partial charge on any atom is -0.369 e. The number of rotatable bonds is 3. The van der Waals surface area contributed by atoms with Gasteiger partial charge in [-0.3, -0.25) is 0 Å². The quantitative estimate of drug-likeness (QED) is 0.908. The average Bonchev–Trinajstić information content (AvgIpc) is 3.04. The van der Waals surface area contributed by atoms with Crippen LogP contribution in [0, 0.1) is 0 Å². The molecule has 2 bridgehead atoms. The molecule has 0 saturated carbocycles. The average molecular weight is 363 g/mol. The van der Waals surface area contributed by atoms with E-state index in [4.69, 9.17) is 4.84 Å². The number of hydroxylamine groups is 2. The summed E-state index contributed by atoms with van der Waals surface area (Å²) < 4.78 is 0. The highest BCUT2D eigenvalue weighted by atomic mass is 16.7. The van der Waals surface area contributed by atoms with Gasteiger partial charge in [0, 0.05) is 38.4 Å². The number of hydrogen-bond acceptors (Lipinski definition) is 5. The molecule has 2 aromatic carbocycles. The Labute approximate surface area is 159 Å². The number of anilines is 1. The van der Waals surface area contributed by atoms with Crippen molar-refractivity contribution in [3.8, 4) is 0 Å². The van der Waals surface area contributed by atoms with Crippen LogP contribution in [0.4, 0.5) is 5.69 Å². The van der Waals surface area contributed by atoms with Crippen molar-refractivity contribution in [1.29, 1.82) is 0 Å². The van der Waals surface area contributed by atoms with Crippen molar-refractivity contribution in [1.82, 2.24) is 10.4 Å². The summed E-state index contributed by atoms with van der Waals surface area (Å²) in [5.41, 5.74) is 4.68. The summed E-state index contributed by atoms with van der Waals surface area (Å²) in [6.07, 6.45) is 2.08. The van der Waals surface area contributed by atoms with E-state index in [-0.39, 0.29) is 12.0 Å². The molecule has 27 heavy (non-hydrogen) atoms. The van der Waals surface area contributed by atoms with E-state index in [2.05, 4.69) is 28.4 Å². The van der Waals surface area contributed by atoms with Crippen molar-refractivity contribution in [2.24, 2.45) is 0 Å². The molecule has 0 amide bonds. The van der Waals surface area contributed by atoms with Crippen LogP contribution in [0.1, 0.15) is 46.3 Å². The molecule has 140 valence electrons. The van der Waals surface area contributed by atoms with Crippen molar-refractivity contribution < 1.29 is 9.63 Å². The summed E-state index contributed by atoms with van der Waals surface area (Å²) in [7, 11) is 0. The lowest BCUT2D eigenvalue weighted by Crippen LogP contribution is -2.43. The highest BCUT2D eigenvalue weighted by molar-refractivity contribution is 5.89. The summed E-state index contributed by atoms with van der Waals surface area (Å²) in [5, 5.41) is 5.33. The zero-order valence-corrected chi connectivity index (χ0v) is 15.4. The molecule has 1 unspecified atom stereocenters. The predicted octanol–water partition coefficient (Wildman–Crippen LogP) is 3.10. The van der Waals surface area contributed by atoms with Gasteiger partial charge in [-0.1, -0.05) is 24.3 Å². The van der Waals surface area contributed by atoms with Crippen molar-refractivity contribution in [2.75, 3.05) is 37.6 Å². The van der Waals surface area contributed by atoms with Gasteiger partial charge < -0.3 is 15.1 Å². The Kier molecular flexibility index (Phi) is 4.34. The van der Waals surface area contributed by atoms with E-state index in [1.807, 2.05) is 23.3 Å². The molecule has 2 atom stereocenters. The van der Waals surface area contributed by atoms with Crippen LogP contribution in [0.2, 0.25) is 0 Å². The first-order valence-corrected chi connectivity index (χ1v) is 9.93. The Morgan fingerprint density at radius 1 is 1.00 bits per heavy atom. The molecule has 5 heteroatoms. The topological polar surface area (TPSA) is 44.8 Å². The molecule has 3 aliphatic rings. The first-order valence-electron chi connectivity index (χ1n) is 9.93. The fraction of sp³-hybridized carbons (Fsp3) is 0.409. The second-order valence-corrected chi connectivity index (χ2v) is 7.67. The van der Waals surface area contributed by atoms with Gasteiger partial charge in [-0.05, 0) is 54.2 Å². The molecular weight excluding hydrogens is 338 g/mol. The largest absolute Gasteiger partial charge is 0.369 e. The third-order valence-electron chi connectivity index (χ3n) is 6.11. The Bertz CT molecular complexity index is 833. The number of carbonyl (C=O) groups excluding carboxylic acids is 1. The fourth-order valence-corrected chi connectivity index (χ4v) is 4.69. The highest BCUT2D eigenvalue weighted by Gasteiger charge is 2.41. The lowest BCUT2D eigenvalue weighted by Gasteiger charge is -2.32. The van der Waals surface area contributed by atoms with E-state index < -0.39 is 0 Å². The number of piperidine rings is 1. The van der Waals surface area contributed by atoms with E-state index in [1.165, 1.54) is 16.8 Å². The van der Waals surface area contributed by atoms with Crippen LogP contribution in [0.3, 0.4) is 0 Å². The Balaban J connectivity index is 1.38. The smallest absolute Gasteiger partial charge is 0.357 e. The van der Waals surface area contributed by atoms with Gasteiger partial charge in [0.15, 0.2) is 0 Å². The molecule has 2 saturated heterocycles. The Morgan fingerprint density at radius 3 is 2.63 bits per heavy atom. The van der Waals surface area contributed by atoms with Gasteiger partial charge in [0.2, 0.25) is 0 Å². The number of piperazine rings is 1. The number of hydrogen-bond donors (Lipinski definition) is 1. The van der Waals surface area contributed by atoms with Crippen molar-refractivity contribution >= 4 is 11.7 Å². The standard InChI is InChI=1S/C22H25N3O2/c26-22(16-4-2-1-3-5-16)27-25-11-8-17-14-21(25)20-15-18(6-7-19(17)20)24-12-9-23-10-13-24/h1-7,15,17,21,23H,8-14H2/t17?,21-/m1/s1. The number of nitrogens with zero attached hydrogens (tertiary/aromatic N) is 2. The SMILES string of the molecule is O=C(ON1CCC2C[C@@H]1c1cc(N3CCNCC3)ccc12)c1ccccc1. The molecule has 5 nitrogen and oxygen atoms in total. The third kappa shape index (κ3) is 3.11. The van der Waals surface area contributed by atoms with E-state index in [0.29, 0.717) is 11.5 Å². The fourth-order valence-electron chi connectivity index (χ4n) is 4.69. The zero-order valence-electron chi connectivity index (χ0n) is 15.4. The van der Waals surface area contributed by atoms with Crippen LogP contribution < -0.4 is 10.2 Å². The first-order chi connectivity index (χ1) is 13.3. The highest BCUT2D eigenvalue weighted by Crippen LogP contribution is 2.50. The van der Waals surface area contributed by atoms with Crippen LogP contribution in [-0.2, 0) is 4.84 Å². The molecular formula is C22H25N3O2. The first kappa shape index (κ1) is 16.8. The summed E-state index contributed by atoms with van der Waals surface area (Å²) in [5.74, 6) is 0.328. The summed E-state index contributed by atoms with van der Waals surface area (Å²) in [6, 6.07) is 16.3. The van der Waals surface area contributed by atoms with Crippen LogP contribution in [-0.4, -0.2) is 43.8 Å². The number of nitrogens with one attached hydrogen (secondary N) is 1. The zero-order chi connectivity index (χ0) is 18.2. The Hall–Kier alpha value is -2.37. The number of carbonyl (C=O) groups is 1. The van der Waals surface area contributed by atoms with Crippen molar-refractivity contribution in [3.05, 3.63) is 65.2 Å². The van der Waals surface area contributed by atoms with Gasteiger partial charge in [0.1, 0.15) is 0 Å². The van der Waals surface area contributed by atoms with Gasteiger partial charge in [0.25, 0.3) is 0 Å². The van der Waals surface area contributed by atoms with Crippen LogP contribution in [0.25, 0.3) is 0 Å². The third-order valence-corrected chi connectivity index (χ3v) is 6.11. The molecule has 1 N–H and O–H groups in total. The van der Waals surface area contributed by atoms with Crippen LogP contribution in [0.5, 0.6) is 0 Å². The van der Waals surface area contributed by atoms with Crippen molar-refractivity contribution in [2.45, 2.75) is 24.8 Å². The minimum atomic E-state index is -0.263. The summed E-state index contributed by atoms with van der Waals surface area (Å²) in [6.45, 7) is 4.94. The molecule has 2 fully saturated rings. The number of benzene rings is 2. The van der Waals surface area contributed by atoms with Crippen LogP contribution >= 0.6 is 0 Å². The van der Waals surface area contributed by atoms with Gasteiger partial charge >= 0.3 is 5.97 Å². The maximum atomic E-state index is 12.5.